The fraction of sp³-hybridized carbons (Fsp3) is 0.577. The lowest BCUT2D eigenvalue weighted by Gasteiger charge is -2.09. The summed E-state index contributed by atoms with van der Waals surface area (Å²) < 4.78 is 5.67. The molecule has 4 nitrogen and oxygen atoms in total. The first-order chi connectivity index (χ1) is 14.7. The van der Waals surface area contributed by atoms with Crippen molar-refractivity contribution in [1.29, 1.82) is 0 Å². The van der Waals surface area contributed by atoms with Crippen LogP contribution in [0.5, 0.6) is 5.75 Å². The average Bonchev–Trinajstić information content (AvgIpc) is 2.76. The number of carbonyl (C=O) groups excluding carboxylic acids is 1. The molecule has 0 unspecified atom stereocenters. The van der Waals surface area contributed by atoms with E-state index in [1.807, 2.05) is 30.3 Å². The van der Waals surface area contributed by atoms with Crippen molar-refractivity contribution in [2.24, 2.45) is 0 Å². The Morgan fingerprint density at radius 3 is 2.20 bits per heavy atom. The van der Waals surface area contributed by atoms with Crippen molar-refractivity contribution < 1.29 is 14.6 Å². The lowest BCUT2D eigenvalue weighted by atomic mass is 10.0. The molecule has 2 rings (SSSR count). The average molecular weight is 414 g/mol. The largest absolute Gasteiger partial charge is 0.506 e. The third-order valence-corrected chi connectivity index (χ3v) is 5.54. The van der Waals surface area contributed by atoms with Gasteiger partial charge in [-0.3, -0.25) is 4.79 Å². The summed E-state index contributed by atoms with van der Waals surface area (Å²) in [6.45, 7) is 4.26. The van der Waals surface area contributed by atoms with Crippen LogP contribution in [0.15, 0.2) is 36.4 Å². The Balaban J connectivity index is 1.47. The number of fused-ring (bicyclic) bond motifs is 1. The molecule has 2 N–H and O–H groups in total. The van der Waals surface area contributed by atoms with Crippen LogP contribution >= 0.6 is 0 Å². The van der Waals surface area contributed by atoms with Crippen molar-refractivity contribution in [3.05, 3.63) is 42.0 Å². The normalized spacial score (nSPS) is 11.1. The van der Waals surface area contributed by atoms with Gasteiger partial charge in [0.1, 0.15) is 5.75 Å². The molecule has 0 atom stereocenters. The van der Waals surface area contributed by atoms with Crippen LogP contribution in [-0.2, 0) is 4.74 Å². The van der Waals surface area contributed by atoms with E-state index in [4.69, 9.17) is 4.74 Å². The van der Waals surface area contributed by atoms with Gasteiger partial charge in [-0.2, -0.15) is 0 Å². The van der Waals surface area contributed by atoms with Crippen molar-refractivity contribution in [2.75, 3.05) is 19.8 Å². The number of nitrogens with one attached hydrogen (secondary N) is 1. The van der Waals surface area contributed by atoms with Crippen LogP contribution in [0.2, 0.25) is 0 Å². The molecule has 166 valence electrons. The van der Waals surface area contributed by atoms with E-state index in [9.17, 15) is 9.90 Å². The fourth-order valence-electron chi connectivity index (χ4n) is 3.70. The summed E-state index contributed by atoms with van der Waals surface area (Å²) in [6, 6.07) is 11.0. The lowest BCUT2D eigenvalue weighted by molar-refractivity contribution is 0.0937. The summed E-state index contributed by atoms with van der Waals surface area (Å²) in [7, 11) is 0. The van der Waals surface area contributed by atoms with Gasteiger partial charge in [0, 0.05) is 25.1 Å². The summed E-state index contributed by atoms with van der Waals surface area (Å²) >= 11 is 0. The molecule has 0 bridgehead atoms. The predicted octanol–water partition coefficient (Wildman–Crippen LogP) is 6.60. The molecule has 0 aromatic heterocycles. The highest BCUT2D eigenvalue weighted by molar-refractivity contribution is 6.03. The van der Waals surface area contributed by atoms with Gasteiger partial charge in [-0.15, -0.1) is 0 Å². The van der Waals surface area contributed by atoms with Gasteiger partial charge in [-0.25, -0.2) is 0 Å². The minimum absolute atomic E-state index is 0.0443. The lowest BCUT2D eigenvalue weighted by Crippen LogP contribution is -2.25. The van der Waals surface area contributed by atoms with Crippen LogP contribution in [0.1, 0.15) is 87.9 Å². The number of aromatic hydroxyl groups is 1. The highest BCUT2D eigenvalue weighted by Crippen LogP contribution is 2.28. The first-order valence-electron chi connectivity index (χ1n) is 11.8. The first-order valence-corrected chi connectivity index (χ1v) is 11.8. The maximum absolute atomic E-state index is 12.3. The van der Waals surface area contributed by atoms with E-state index in [0.29, 0.717) is 24.1 Å². The molecule has 0 radical (unpaired) electrons. The molecule has 0 saturated carbocycles. The number of rotatable bonds is 16. The maximum atomic E-state index is 12.3. The van der Waals surface area contributed by atoms with E-state index in [2.05, 4.69) is 12.2 Å². The zero-order valence-corrected chi connectivity index (χ0v) is 18.6. The summed E-state index contributed by atoms with van der Waals surface area (Å²) in [5.74, 6) is -0.198. The van der Waals surface area contributed by atoms with Crippen LogP contribution < -0.4 is 5.32 Å². The van der Waals surface area contributed by atoms with Gasteiger partial charge in [0.05, 0.1) is 5.56 Å². The molecule has 1 amide bonds. The summed E-state index contributed by atoms with van der Waals surface area (Å²) in [5.41, 5.74) is 0.319. The van der Waals surface area contributed by atoms with E-state index in [-0.39, 0.29) is 11.7 Å². The third-order valence-electron chi connectivity index (χ3n) is 5.54. The Bertz CT molecular complexity index is 744. The van der Waals surface area contributed by atoms with E-state index in [0.717, 1.165) is 24.8 Å². The van der Waals surface area contributed by atoms with Gasteiger partial charge in [0.15, 0.2) is 0 Å². The number of hydrogen-bond acceptors (Lipinski definition) is 3. The van der Waals surface area contributed by atoms with Crippen LogP contribution in [0.25, 0.3) is 10.8 Å². The van der Waals surface area contributed by atoms with Crippen LogP contribution in [0, 0.1) is 0 Å². The number of phenolic OH excluding ortho intramolecular Hbond substituents is 1. The molecule has 0 aliphatic heterocycles. The molecule has 0 fully saturated rings. The van der Waals surface area contributed by atoms with Crippen molar-refractivity contribution in [3.8, 4) is 5.75 Å². The molecule has 0 spiro atoms. The Hall–Kier alpha value is -2.07. The summed E-state index contributed by atoms with van der Waals surface area (Å²) in [4.78, 5) is 12.3. The highest BCUT2D eigenvalue weighted by Gasteiger charge is 2.12. The Morgan fingerprint density at radius 1 is 0.833 bits per heavy atom. The Morgan fingerprint density at radius 2 is 1.47 bits per heavy atom. The van der Waals surface area contributed by atoms with E-state index in [1.165, 1.54) is 57.8 Å². The monoisotopic (exact) mass is 413 g/mol. The van der Waals surface area contributed by atoms with Gasteiger partial charge in [-0.05, 0) is 24.3 Å². The van der Waals surface area contributed by atoms with Gasteiger partial charge in [-0.1, -0.05) is 95.0 Å². The molecule has 0 aliphatic rings. The summed E-state index contributed by atoms with van der Waals surface area (Å²) in [5, 5.41) is 14.9. The second-order valence-electron chi connectivity index (χ2n) is 8.09. The van der Waals surface area contributed by atoms with Gasteiger partial charge < -0.3 is 15.2 Å². The van der Waals surface area contributed by atoms with Crippen molar-refractivity contribution in [3.63, 3.8) is 0 Å². The minimum atomic E-state index is -0.243. The van der Waals surface area contributed by atoms with Crippen molar-refractivity contribution in [1.82, 2.24) is 5.32 Å². The SMILES string of the molecule is CCCCCCCCCCCCOCCCNC(=O)c1ccc2ccccc2c1O. The van der Waals surface area contributed by atoms with Gasteiger partial charge in [0.25, 0.3) is 5.91 Å². The molecule has 0 heterocycles. The number of phenols is 1. The molecule has 4 heteroatoms. The minimum Gasteiger partial charge on any atom is -0.506 e. The number of ether oxygens (including phenoxy) is 1. The van der Waals surface area contributed by atoms with Gasteiger partial charge in [0.2, 0.25) is 0 Å². The topological polar surface area (TPSA) is 58.6 Å². The number of carbonyl (C=O) groups is 1. The van der Waals surface area contributed by atoms with Crippen molar-refractivity contribution >= 4 is 16.7 Å². The molecule has 0 saturated heterocycles. The Kier molecular flexibility index (Phi) is 12.0. The molecule has 2 aromatic carbocycles. The van der Waals surface area contributed by atoms with Gasteiger partial charge >= 0.3 is 0 Å². The van der Waals surface area contributed by atoms with Crippen LogP contribution in [0.3, 0.4) is 0 Å². The first kappa shape index (κ1) is 24.2. The third kappa shape index (κ3) is 8.74. The van der Waals surface area contributed by atoms with E-state index < -0.39 is 0 Å². The zero-order valence-electron chi connectivity index (χ0n) is 18.6. The molecule has 2 aromatic rings. The number of amides is 1. The molecular weight excluding hydrogens is 374 g/mol. The molecule has 0 aliphatic carbocycles. The highest BCUT2D eigenvalue weighted by atomic mass is 16.5. The van der Waals surface area contributed by atoms with E-state index in [1.54, 1.807) is 6.07 Å². The van der Waals surface area contributed by atoms with Crippen molar-refractivity contribution in [2.45, 2.75) is 77.6 Å². The zero-order chi connectivity index (χ0) is 21.4. The smallest absolute Gasteiger partial charge is 0.255 e. The maximum Gasteiger partial charge on any atom is 0.255 e. The van der Waals surface area contributed by atoms with E-state index >= 15 is 0 Å². The van der Waals surface area contributed by atoms with Crippen LogP contribution in [-0.4, -0.2) is 30.8 Å². The second-order valence-corrected chi connectivity index (χ2v) is 8.09. The number of benzene rings is 2. The molecule has 30 heavy (non-hydrogen) atoms. The molecular formula is C26H39NO3. The standard InChI is InChI=1S/C26H39NO3/c1-2-3-4-5-6-7-8-9-10-13-20-30-21-14-19-27-26(29)24-18-17-22-15-11-12-16-23(22)25(24)28/h11-12,15-18,28H,2-10,13-14,19-21H2,1H3,(H,27,29). The quantitative estimate of drug-likeness (QED) is 0.305. The Labute approximate surface area is 182 Å². The fourth-order valence-corrected chi connectivity index (χ4v) is 3.70. The summed E-state index contributed by atoms with van der Waals surface area (Å²) in [6.07, 6.45) is 14.0. The number of hydrogen-bond donors (Lipinski definition) is 2. The predicted molar refractivity (Wildman–Crippen MR) is 125 cm³/mol. The second kappa shape index (κ2) is 14.8. The van der Waals surface area contributed by atoms with Crippen LogP contribution in [0.4, 0.5) is 0 Å². The number of unbranched alkanes of at least 4 members (excludes halogenated alkanes) is 9.